The molecule has 0 saturated carbocycles. The lowest BCUT2D eigenvalue weighted by atomic mass is 10.0. The molecule has 0 radical (unpaired) electrons. The van der Waals surface area contributed by atoms with Crippen LogP contribution in [0.25, 0.3) is 0 Å². The first-order valence-corrected chi connectivity index (χ1v) is 10.1. The molecule has 1 aromatic carbocycles. The van der Waals surface area contributed by atoms with Crippen LogP contribution >= 0.6 is 0 Å². The number of rotatable bonds is 6. The summed E-state index contributed by atoms with van der Waals surface area (Å²) in [4.78, 5) is 28.9. The molecule has 6 heteroatoms. The molecule has 1 atom stereocenters. The maximum absolute atomic E-state index is 12.2. The molecule has 2 aliphatic heterocycles. The van der Waals surface area contributed by atoms with Crippen LogP contribution in [0.1, 0.15) is 43.9 Å². The highest BCUT2D eigenvalue weighted by Crippen LogP contribution is 2.32. The number of benzene rings is 1. The minimum atomic E-state index is -0.542. The number of hydrogen-bond acceptors (Lipinski definition) is 4. The quantitative estimate of drug-likeness (QED) is 0.746. The van der Waals surface area contributed by atoms with E-state index in [0.29, 0.717) is 19.0 Å². The van der Waals surface area contributed by atoms with Gasteiger partial charge in [-0.05, 0) is 55.5 Å². The Morgan fingerprint density at radius 1 is 1.04 bits per heavy atom. The van der Waals surface area contributed by atoms with E-state index in [1.54, 1.807) is 0 Å². The SMILES string of the molecule is CC(C)CNC(=O)C(=O)NC[C@H](c1ccc2c(c1)CCN2C)N1CCCC1. The van der Waals surface area contributed by atoms with Gasteiger partial charge in [-0.15, -0.1) is 0 Å². The van der Waals surface area contributed by atoms with Crippen molar-refractivity contribution in [2.24, 2.45) is 5.92 Å². The number of fused-ring (bicyclic) bond motifs is 1. The second-order valence-electron chi connectivity index (χ2n) is 8.13. The third kappa shape index (κ3) is 4.80. The van der Waals surface area contributed by atoms with Gasteiger partial charge in [0.15, 0.2) is 0 Å². The molecule has 0 bridgehead atoms. The second-order valence-corrected chi connectivity index (χ2v) is 8.13. The number of carbonyl (C=O) groups is 2. The fourth-order valence-corrected chi connectivity index (χ4v) is 3.95. The van der Waals surface area contributed by atoms with Crippen molar-refractivity contribution in [1.29, 1.82) is 0 Å². The van der Waals surface area contributed by atoms with Gasteiger partial charge >= 0.3 is 11.8 Å². The molecule has 2 aliphatic rings. The van der Waals surface area contributed by atoms with Crippen molar-refractivity contribution >= 4 is 17.5 Å². The lowest BCUT2D eigenvalue weighted by molar-refractivity contribution is -0.139. The summed E-state index contributed by atoms with van der Waals surface area (Å²) in [5.41, 5.74) is 3.91. The van der Waals surface area contributed by atoms with E-state index in [4.69, 9.17) is 0 Å². The molecule has 6 nitrogen and oxygen atoms in total. The van der Waals surface area contributed by atoms with Crippen LogP contribution in [0.4, 0.5) is 5.69 Å². The summed E-state index contributed by atoms with van der Waals surface area (Å²) < 4.78 is 0. The van der Waals surface area contributed by atoms with Gasteiger partial charge in [-0.3, -0.25) is 14.5 Å². The van der Waals surface area contributed by atoms with Crippen LogP contribution in [0, 0.1) is 5.92 Å². The van der Waals surface area contributed by atoms with Gasteiger partial charge in [0.05, 0.1) is 6.04 Å². The number of likely N-dealkylation sites (tertiary alicyclic amines) is 1. The van der Waals surface area contributed by atoms with E-state index in [0.717, 1.165) is 26.1 Å². The highest BCUT2D eigenvalue weighted by atomic mass is 16.2. The Labute approximate surface area is 162 Å². The topological polar surface area (TPSA) is 64.7 Å². The zero-order valence-corrected chi connectivity index (χ0v) is 16.8. The number of carbonyl (C=O) groups excluding carboxylic acids is 2. The lowest BCUT2D eigenvalue weighted by Crippen LogP contribution is -2.44. The van der Waals surface area contributed by atoms with Gasteiger partial charge in [-0.1, -0.05) is 26.0 Å². The van der Waals surface area contributed by atoms with Gasteiger partial charge in [0.2, 0.25) is 0 Å². The molecule has 0 unspecified atom stereocenters. The van der Waals surface area contributed by atoms with Crippen molar-refractivity contribution in [1.82, 2.24) is 15.5 Å². The third-order valence-electron chi connectivity index (χ3n) is 5.53. The molecule has 2 N–H and O–H groups in total. The summed E-state index contributed by atoms with van der Waals surface area (Å²) in [6, 6.07) is 6.77. The summed E-state index contributed by atoms with van der Waals surface area (Å²) in [5, 5.41) is 5.54. The van der Waals surface area contributed by atoms with Crippen LogP contribution in [0.2, 0.25) is 0 Å². The molecule has 0 aromatic heterocycles. The zero-order valence-electron chi connectivity index (χ0n) is 16.8. The van der Waals surface area contributed by atoms with E-state index >= 15 is 0 Å². The average molecular weight is 373 g/mol. The largest absolute Gasteiger partial charge is 0.374 e. The minimum Gasteiger partial charge on any atom is -0.374 e. The molecular weight excluding hydrogens is 340 g/mol. The number of nitrogens with one attached hydrogen (secondary N) is 2. The predicted octanol–water partition coefficient (Wildman–Crippen LogP) is 1.70. The van der Waals surface area contributed by atoms with Crippen LogP contribution < -0.4 is 15.5 Å². The van der Waals surface area contributed by atoms with E-state index < -0.39 is 11.8 Å². The van der Waals surface area contributed by atoms with Crippen molar-refractivity contribution in [2.75, 3.05) is 44.7 Å². The molecule has 0 spiro atoms. The van der Waals surface area contributed by atoms with Crippen molar-refractivity contribution in [3.63, 3.8) is 0 Å². The molecule has 2 heterocycles. The lowest BCUT2D eigenvalue weighted by Gasteiger charge is -2.28. The second kappa shape index (κ2) is 8.74. The number of likely N-dealkylation sites (N-methyl/N-ethyl adjacent to an activating group) is 1. The molecule has 27 heavy (non-hydrogen) atoms. The van der Waals surface area contributed by atoms with Crippen LogP contribution in [0.5, 0.6) is 0 Å². The van der Waals surface area contributed by atoms with Crippen LogP contribution in [-0.4, -0.2) is 56.5 Å². The molecular formula is C21H32N4O2. The Hall–Kier alpha value is -2.08. The molecule has 1 aromatic rings. The van der Waals surface area contributed by atoms with Gasteiger partial charge in [0.25, 0.3) is 0 Å². The van der Waals surface area contributed by atoms with Crippen molar-refractivity contribution < 1.29 is 9.59 Å². The number of anilines is 1. The van der Waals surface area contributed by atoms with E-state index in [2.05, 4.69) is 45.7 Å². The summed E-state index contributed by atoms with van der Waals surface area (Å²) in [7, 11) is 2.12. The van der Waals surface area contributed by atoms with E-state index in [1.807, 2.05) is 13.8 Å². The number of hydrogen-bond donors (Lipinski definition) is 2. The van der Waals surface area contributed by atoms with Crippen molar-refractivity contribution in [3.05, 3.63) is 29.3 Å². The zero-order chi connectivity index (χ0) is 19.4. The number of nitrogens with zero attached hydrogens (tertiary/aromatic N) is 2. The molecule has 1 saturated heterocycles. The highest BCUT2D eigenvalue weighted by molar-refractivity contribution is 6.35. The van der Waals surface area contributed by atoms with Gasteiger partial charge in [0, 0.05) is 32.4 Å². The monoisotopic (exact) mass is 372 g/mol. The third-order valence-corrected chi connectivity index (χ3v) is 5.53. The maximum Gasteiger partial charge on any atom is 0.309 e. The molecule has 1 fully saturated rings. The normalized spacial score (nSPS) is 17.9. The summed E-state index contributed by atoms with van der Waals surface area (Å²) in [6.07, 6.45) is 3.44. The van der Waals surface area contributed by atoms with Crippen molar-refractivity contribution in [3.8, 4) is 0 Å². The fraction of sp³-hybridized carbons (Fsp3) is 0.619. The van der Waals surface area contributed by atoms with E-state index in [1.165, 1.54) is 29.7 Å². The first kappa shape index (κ1) is 19.7. The molecule has 2 amide bonds. The highest BCUT2D eigenvalue weighted by Gasteiger charge is 2.26. The smallest absolute Gasteiger partial charge is 0.309 e. The van der Waals surface area contributed by atoms with Gasteiger partial charge in [0.1, 0.15) is 0 Å². The molecule has 3 rings (SSSR count). The molecule has 148 valence electrons. The van der Waals surface area contributed by atoms with E-state index in [9.17, 15) is 9.59 Å². The summed E-state index contributed by atoms with van der Waals surface area (Å²) in [6.45, 7) is 8.12. The Balaban J connectivity index is 1.67. The first-order valence-electron chi connectivity index (χ1n) is 10.1. The van der Waals surface area contributed by atoms with Gasteiger partial charge in [-0.25, -0.2) is 0 Å². The van der Waals surface area contributed by atoms with Crippen molar-refractivity contribution in [2.45, 2.75) is 39.2 Å². The Morgan fingerprint density at radius 2 is 1.70 bits per heavy atom. The Kier molecular flexibility index (Phi) is 6.37. The Bertz CT molecular complexity index is 683. The standard InChI is InChI=1S/C21H32N4O2/c1-15(2)13-22-20(26)21(27)23-14-19(25-9-4-5-10-25)16-6-7-18-17(12-16)8-11-24(18)3/h6-7,12,15,19H,4-5,8-11,13-14H2,1-3H3,(H,22,26)(H,23,27)/t19-/m1/s1. The first-order chi connectivity index (χ1) is 13.0. The summed E-state index contributed by atoms with van der Waals surface area (Å²) >= 11 is 0. The maximum atomic E-state index is 12.2. The van der Waals surface area contributed by atoms with Crippen LogP contribution in [0.15, 0.2) is 18.2 Å². The fourth-order valence-electron chi connectivity index (χ4n) is 3.95. The van der Waals surface area contributed by atoms with Crippen LogP contribution in [-0.2, 0) is 16.0 Å². The molecule has 0 aliphatic carbocycles. The van der Waals surface area contributed by atoms with E-state index in [-0.39, 0.29) is 6.04 Å². The van der Waals surface area contributed by atoms with Crippen LogP contribution in [0.3, 0.4) is 0 Å². The van der Waals surface area contributed by atoms with Gasteiger partial charge in [-0.2, -0.15) is 0 Å². The summed E-state index contributed by atoms with van der Waals surface area (Å²) in [5.74, 6) is -0.760. The average Bonchev–Trinajstić information content (AvgIpc) is 3.30. The minimum absolute atomic E-state index is 0.116. The predicted molar refractivity (Wildman–Crippen MR) is 108 cm³/mol. The Morgan fingerprint density at radius 3 is 2.37 bits per heavy atom. The van der Waals surface area contributed by atoms with Gasteiger partial charge < -0.3 is 15.5 Å². The number of amides is 2.